The molecular weight excluding hydrogens is 404 g/mol. The van der Waals surface area contributed by atoms with Crippen molar-refractivity contribution in [2.24, 2.45) is 0 Å². The molecule has 0 spiro atoms. The molecule has 0 unspecified atom stereocenters. The minimum atomic E-state index is -0.220. The van der Waals surface area contributed by atoms with Crippen LogP contribution >= 0.6 is 0 Å². The monoisotopic (exact) mass is 442 g/mol. The van der Waals surface area contributed by atoms with Gasteiger partial charge >= 0.3 is 5.97 Å². The second-order valence-corrected chi connectivity index (χ2v) is 6.92. The third-order valence-electron chi connectivity index (χ3n) is 4.81. The fraction of sp³-hybridized carbons (Fsp3) is 0.462. The summed E-state index contributed by atoms with van der Waals surface area (Å²) in [5, 5.41) is 9.62. The van der Waals surface area contributed by atoms with E-state index in [2.05, 4.69) is 0 Å². The number of piperazine rings is 1. The smallest absolute Gasteiger partial charge is 0.320 e. The zero-order chi connectivity index (χ0) is 23.9. The maximum absolute atomic E-state index is 12.9. The van der Waals surface area contributed by atoms with Crippen LogP contribution in [0.1, 0.15) is 56.1 Å². The van der Waals surface area contributed by atoms with Crippen LogP contribution in [0.5, 0.6) is 5.75 Å². The highest BCUT2D eigenvalue weighted by Gasteiger charge is 2.23. The Morgan fingerprint density at radius 3 is 2.09 bits per heavy atom. The Kier molecular flexibility index (Phi) is 12.8. The number of amides is 1. The number of carbonyl (C=O) groups is 2. The number of ether oxygens (including phenoxy) is 1. The number of aromatic hydroxyl groups is 1. The van der Waals surface area contributed by atoms with Crippen molar-refractivity contribution < 1.29 is 19.4 Å². The fourth-order valence-corrected chi connectivity index (χ4v) is 3.40. The van der Waals surface area contributed by atoms with Crippen molar-refractivity contribution in [3.05, 3.63) is 65.2 Å². The molecule has 1 aliphatic rings. The number of esters is 1. The largest absolute Gasteiger partial charge is 0.508 e. The molecule has 1 N–H and O–H groups in total. The first-order valence-corrected chi connectivity index (χ1v) is 11.6. The van der Waals surface area contributed by atoms with Gasteiger partial charge in [0.05, 0.1) is 13.2 Å². The van der Waals surface area contributed by atoms with E-state index in [1.807, 2.05) is 73.9 Å². The van der Waals surface area contributed by atoms with E-state index in [0.717, 1.165) is 11.1 Å². The minimum absolute atomic E-state index is 0.00791. The summed E-state index contributed by atoms with van der Waals surface area (Å²) in [6.45, 7) is 13.0. The molecule has 1 saturated heterocycles. The second-order valence-electron chi connectivity index (χ2n) is 6.92. The summed E-state index contributed by atoms with van der Waals surface area (Å²) < 4.78 is 4.98. The van der Waals surface area contributed by atoms with Crippen LogP contribution in [0.2, 0.25) is 0 Å². The Morgan fingerprint density at radius 1 is 0.906 bits per heavy atom. The lowest BCUT2D eigenvalue weighted by atomic mass is 10.0. The van der Waals surface area contributed by atoms with Gasteiger partial charge in [-0.15, -0.1) is 0 Å². The topological polar surface area (TPSA) is 70.1 Å². The molecule has 176 valence electrons. The molecule has 0 aliphatic carbocycles. The molecule has 2 aromatic carbocycles. The van der Waals surface area contributed by atoms with E-state index in [1.165, 1.54) is 0 Å². The van der Waals surface area contributed by atoms with E-state index in [4.69, 9.17) is 4.74 Å². The Hall–Kier alpha value is -2.86. The first-order chi connectivity index (χ1) is 15.5. The molecule has 0 bridgehead atoms. The molecule has 32 heavy (non-hydrogen) atoms. The molecule has 0 saturated carbocycles. The van der Waals surface area contributed by atoms with Gasteiger partial charge in [0.1, 0.15) is 5.75 Å². The van der Waals surface area contributed by atoms with Crippen molar-refractivity contribution >= 4 is 11.9 Å². The molecule has 1 heterocycles. The maximum atomic E-state index is 12.9. The van der Waals surface area contributed by atoms with Crippen molar-refractivity contribution in [1.29, 1.82) is 0 Å². The van der Waals surface area contributed by atoms with Crippen molar-refractivity contribution in [1.82, 2.24) is 9.80 Å². The average Bonchev–Trinajstić information content (AvgIpc) is 2.82. The van der Waals surface area contributed by atoms with Gasteiger partial charge in [-0.3, -0.25) is 14.5 Å². The predicted octanol–water partition coefficient (Wildman–Crippen LogP) is 4.36. The van der Waals surface area contributed by atoms with Crippen LogP contribution < -0.4 is 0 Å². The van der Waals surface area contributed by atoms with Gasteiger partial charge in [-0.25, -0.2) is 0 Å². The molecule has 2 aromatic rings. The number of phenols is 1. The van der Waals surface area contributed by atoms with Crippen molar-refractivity contribution in [2.75, 3.05) is 39.3 Å². The van der Waals surface area contributed by atoms with Gasteiger partial charge in [0.25, 0.3) is 5.91 Å². The average molecular weight is 443 g/mol. The minimum Gasteiger partial charge on any atom is -0.508 e. The van der Waals surface area contributed by atoms with E-state index >= 15 is 0 Å². The fourth-order valence-electron chi connectivity index (χ4n) is 3.40. The summed E-state index contributed by atoms with van der Waals surface area (Å²) >= 11 is 0. The Balaban J connectivity index is 0.00000121. The molecule has 1 amide bonds. The van der Waals surface area contributed by atoms with E-state index in [-0.39, 0.29) is 24.2 Å². The third kappa shape index (κ3) is 8.71. The molecule has 1 aliphatic heterocycles. The summed E-state index contributed by atoms with van der Waals surface area (Å²) in [5.74, 6) is 0.0286. The molecule has 0 aromatic heterocycles. The van der Waals surface area contributed by atoms with Crippen LogP contribution in [-0.2, 0) is 16.0 Å². The first-order valence-electron chi connectivity index (χ1n) is 11.6. The second kappa shape index (κ2) is 15.0. The quantitative estimate of drug-likeness (QED) is 0.674. The predicted molar refractivity (Wildman–Crippen MR) is 129 cm³/mol. The van der Waals surface area contributed by atoms with Crippen molar-refractivity contribution in [3.8, 4) is 5.75 Å². The van der Waals surface area contributed by atoms with Crippen LogP contribution in [0, 0.1) is 0 Å². The van der Waals surface area contributed by atoms with Gasteiger partial charge in [0, 0.05) is 31.7 Å². The van der Waals surface area contributed by atoms with Gasteiger partial charge in [0.2, 0.25) is 0 Å². The third-order valence-corrected chi connectivity index (χ3v) is 4.81. The maximum Gasteiger partial charge on any atom is 0.320 e. The highest BCUT2D eigenvalue weighted by Crippen LogP contribution is 2.17. The SMILES string of the molecule is CC.CC.CCOC(=O)CN1CCN(C(=O)c2cccc(Cc3cccc(O)c3)c2)CC1. The van der Waals surface area contributed by atoms with Gasteiger partial charge in [-0.2, -0.15) is 0 Å². The van der Waals surface area contributed by atoms with Crippen LogP contribution in [-0.4, -0.2) is 66.1 Å². The number of nitrogens with zero attached hydrogens (tertiary/aromatic N) is 2. The molecule has 0 atom stereocenters. The lowest BCUT2D eigenvalue weighted by Gasteiger charge is -2.34. The van der Waals surface area contributed by atoms with Crippen LogP contribution in [0.3, 0.4) is 0 Å². The normalized spacial score (nSPS) is 13.2. The van der Waals surface area contributed by atoms with Gasteiger partial charge in [-0.1, -0.05) is 52.0 Å². The molecular formula is C26H38N2O4. The zero-order valence-corrected chi connectivity index (χ0v) is 20.1. The first kappa shape index (κ1) is 27.2. The standard InChI is InChI=1S/C22H26N2O4.2C2H6/c1-2-28-21(26)16-23-9-11-24(12-10-23)22(27)19-7-3-5-17(14-19)13-18-6-4-8-20(25)15-18;2*1-2/h3-8,14-15,25H,2,9-13,16H2,1H3;2*1-2H3. The van der Waals surface area contributed by atoms with E-state index < -0.39 is 0 Å². The zero-order valence-electron chi connectivity index (χ0n) is 20.1. The number of hydrogen-bond acceptors (Lipinski definition) is 5. The number of hydrogen-bond donors (Lipinski definition) is 1. The van der Waals surface area contributed by atoms with E-state index in [1.54, 1.807) is 19.1 Å². The lowest BCUT2D eigenvalue weighted by Crippen LogP contribution is -2.50. The Labute approximate surface area is 192 Å². The van der Waals surface area contributed by atoms with Crippen molar-refractivity contribution in [3.63, 3.8) is 0 Å². The van der Waals surface area contributed by atoms with Gasteiger partial charge in [0.15, 0.2) is 0 Å². The van der Waals surface area contributed by atoms with Crippen LogP contribution in [0.4, 0.5) is 0 Å². The molecule has 6 nitrogen and oxygen atoms in total. The molecule has 6 heteroatoms. The summed E-state index contributed by atoms with van der Waals surface area (Å²) in [6, 6.07) is 14.8. The molecule has 3 rings (SSSR count). The Morgan fingerprint density at radius 2 is 1.50 bits per heavy atom. The molecule has 0 radical (unpaired) electrons. The summed E-state index contributed by atoms with van der Waals surface area (Å²) in [5.41, 5.74) is 2.69. The van der Waals surface area contributed by atoms with Crippen LogP contribution in [0.15, 0.2) is 48.5 Å². The summed E-state index contributed by atoms with van der Waals surface area (Å²) in [7, 11) is 0. The van der Waals surface area contributed by atoms with Gasteiger partial charge < -0.3 is 14.7 Å². The lowest BCUT2D eigenvalue weighted by molar-refractivity contribution is -0.144. The summed E-state index contributed by atoms with van der Waals surface area (Å²) in [6.07, 6.45) is 0.656. The summed E-state index contributed by atoms with van der Waals surface area (Å²) in [4.78, 5) is 28.3. The number of rotatable bonds is 6. The number of benzene rings is 2. The van der Waals surface area contributed by atoms with E-state index in [0.29, 0.717) is 44.8 Å². The highest BCUT2D eigenvalue weighted by molar-refractivity contribution is 5.94. The Bertz CT molecular complexity index is 830. The van der Waals surface area contributed by atoms with Crippen molar-refractivity contribution in [2.45, 2.75) is 41.0 Å². The van der Waals surface area contributed by atoms with Gasteiger partial charge in [-0.05, 0) is 48.7 Å². The van der Waals surface area contributed by atoms with Crippen LogP contribution in [0.25, 0.3) is 0 Å². The highest BCUT2D eigenvalue weighted by atomic mass is 16.5. The number of carbonyl (C=O) groups excluding carboxylic acids is 2. The molecule has 1 fully saturated rings. The van der Waals surface area contributed by atoms with E-state index in [9.17, 15) is 14.7 Å². The number of phenolic OH excluding ortho intramolecular Hbond substituents is 1.